The molecule has 23 heavy (non-hydrogen) atoms. The monoisotopic (exact) mass is 327 g/mol. The second kappa shape index (κ2) is 5.95. The number of nitrogens with one attached hydrogen (secondary N) is 1. The molecule has 0 aromatic carbocycles. The molecule has 3 fully saturated rings. The molecule has 2 aliphatic carbocycles. The highest BCUT2D eigenvalue weighted by Gasteiger charge is 2.73. The average Bonchev–Trinajstić information content (AvgIpc) is 3.10. The van der Waals surface area contributed by atoms with Gasteiger partial charge < -0.3 is 25.0 Å². The molecule has 1 heterocycles. The van der Waals surface area contributed by atoms with Gasteiger partial charge in [-0.05, 0) is 38.0 Å². The fraction of sp³-hybridized carbons (Fsp3) is 1.00. The van der Waals surface area contributed by atoms with Crippen LogP contribution in [-0.2, 0) is 9.47 Å². The highest BCUT2D eigenvalue weighted by Crippen LogP contribution is 2.63. The van der Waals surface area contributed by atoms with Crippen LogP contribution < -0.4 is 5.32 Å². The van der Waals surface area contributed by atoms with Crippen LogP contribution in [0.15, 0.2) is 0 Å². The summed E-state index contributed by atoms with van der Waals surface area (Å²) in [7, 11) is 3.54. The van der Waals surface area contributed by atoms with Gasteiger partial charge in [-0.3, -0.25) is 0 Å². The smallest absolute Gasteiger partial charge is 0.0923 e. The lowest BCUT2D eigenvalue weighted by Crippen LogP contribution is -2.52. The molecule has 3 rings (SSSR count). The number of rotatable bonds is 6. The number of hydrogen-bond acceptors (Lipinski definition) is 5. The van der Waals surface area contributed by atoms with Crippen molar-refractivity contribution in [3.63, 3.8) is 0 Å². The van der Waals surface area contributed by atoms with Gasteiger partial charge in [0.1, 0.15) is 0 Å². The first-order valence-electron chi connectivity index (χ1n) is 9.14. The normalized spacial score (nSPS) is 51.9. The minimum absolute atomic E-state index is 0.0191. The summed E-state index contributed by atoms with van der Waals surface area (Å²) in [6.07, 6.45) is 5.10. The number of aliphatic hydroxyl groups is 2. The van der Waals surface area contributed by atoms with Gasteiger partial charge >= 0.3 is 0 Å². The summed E-state index contributed by atoms with van der Waals surface area (Å²) in [5.74, 6) is 0.399. The molecule has 3 unspecified atom stereocenters. The molecular formula is C18H33NO4. The first kappa shape index (κ1) is 17.6. The minimum Gasteiger partial charge on any atom is -0.395 e. The predicted octanol–water partition coefficient (Wildman–Crippen LogP) is 1.46. The number of hydrogen-bond donors (Lipinski definition) is 3. The van der Waals surface area contributed by atoms with Crippen LogP contribution in [0.5, 0.6) is 0 Å². The van der Waals surface area contributed by atoms with Gasteiger partial charge in [0.15, 0.2) is 0 Å². The van der Waals surface area contributed by atoms with E-state index in [0.29, 0.717) is 5.92 Å². The third-order valence-corrected chi connectivity index (χ3v) is 7.27. The van der Waals surface area contributed by atoms with Gasteiger partial charge in [0.2, 0.25) is 0 Å². The van der Waals surface area contributed by atoms with Gasteiger partial charge in [0, 0.05) is 25.7 Å². The van der Waals surface area contributed by atoms with E-state index in [9.17, 15) is 10.2 Å². The van der Waals surface area contributed by atoms with E-state index >= 15 is 0 Å². The molecule has 3 aliphatic rings. The molecule has 7 atom stereocenters. The third-order valence-electron chi connectivity index (χ3n) is 7.27. The van der Waals surface area contributed by atoms with Gasteiger partial charge in [-0.2, -0.15) is 0 Å². The molecule has 0 aromatic rings. The molecule has 3 N–H and O–H groups in total. The van der Waals surface area contributed by atoms with Crippen LogP contribution in [0.4, 0.5) is 0 Å². The molecule has 1 saturated heterocycles. The SMILES string of the molecule is CCC[C@@]1(OC)C(CO)N[C@]23C[C@](CC)(OC)CC2CC(O)[C@H]31. The Hall–Kier alpha value is -0.200. The Morgan fingerprint density at radius 3 is 2.48 bits per heavy atom. The summed E-state index contributed by atoms with van der Waals surface area (Å²) in [6, 6.07) is -0.126. The molecular weight excluding hydrogens is 294 g/mol. The highest BCUT2D eigenvalue weighted by molar-refractivity contribution is 5.28. The summed E-state index contributed by atoms with van der Waals surface area (Å²) < 4.78 is 12.0. The Morgan fingerprint density at radius 2 is 1.96 bits per heavy atom. The van der Waals surface area contributed by atoms with E-state index in [1.807, 2.05) is 0 Å². The van der Waals surface area contributed by atoms with Crippen molar-refractivity contribution in [1.82, 2.24) is 5.32 Å². The second-order valence-corrected chi connectivity index (χ2v) is 7.93. The van der Waals surface area contributed by atoms with Gasteiger partial charge in [-0.1, -0.05) is 20.3 Å². The van der Waals surface area contributed by atoms with Gasteiger partial charge in [-0.25, -0.2) is 0 Å². The van der Waals surface area contributed by atoms with Crippen LogP contribution in [0, 0.1) is 11.8 Å². The topological polar surface area (TPSA) is 71.0 Å². The Morgan fingerprint density at radius 1 is 1.22 bits per heavy atom. The quantitative estimate of drug-likeness (QED) is 0.689. The maximum absolute atomic E-state index is 10.9. The molecule has 5 heteroatoms. The van der Waals surface area contributed by atoms with Gasteiger partial charge in [-0.15, -0.1) is 0 Å². The van der Waals surface area contributed by atoms with Crippen molar-refractivity contribution in [3.8, 4) is 0 Å². The van der Waals surface area contributed by atoms with E-state index in [2.05, 4.69) is 19.2 Å². The third kappa shape index (κ3) is 2.17. The Balaban J connectivity index is 2.04. The zero-order chi connectivity index (χ0) is 16.9. The van der Waals surface area contributed by atoms with E-state index in [1.54, 1.807) is 14.2 Å². The van der Waals surface area contributed by atoms with Crippen LogP contribution in [0.3, 0.4) is 0 Å². The fourth-order valence-electron chi connectivity index (χ4n) is 6.35. The molecule has 1 aliphatic heterocycles. The highest BCUT2D eigenvalue weighted by atomic mass is 16.5. The fourth-order valence-corrected chi connectivity index (χ4v) is 6.35. The summed E-state index contributed by atoms with van der Waals surface area (Å²) in [5.41, 5.74) is -0.786. The second-order valence-electron chi connectivity index (χ2n) is 7.93. The van der Waals surface area contributed by atoms with E-state index in [0.717, 1.165) is 38.5 Å². The van der Waals surface area contributed by atoms with Crippen LogP contribution in [-0.4, -0.2) is 59.9 Å². The Kier molecular flexibility index (Phi) is 4.56. The summed E-state index contributed by atoms with van der Waals surface area (Å²) in [5, 5.41) is 24.6. The van der Waals surface area contributed by atoms with Crippen molar-refractivity contribution in [1.29, 1.82) is 0 Å². The van der Waals surface area contributed by atoms with Crippen molar-refractivity contribution in [2.24, 2.45) is 11.8 Å². The van der Waals surface area contributed by atoms with E-state index in [-0.39, 0.29) is 35.8 Å². The number of aliphatic hydroxyl groups excluding tert-OH is 2. The molecule has 0 bridgehead atoms. The molecule has 0 radical (unpaired) electrons. The van der Waals surface area contributed by atoms with Gasteiger partial charge in [0.05, 0.1) is 30.0 Å². The van der Waals surface area contributed by atoms with Crippen molar-refractivity contribution in [2.45, 2.75) is 81.3 Å². The standard InChI is InChI=1S/C18H33NO4/c1-5-7-18(23-4)14(10-20)19-17-11-16(6-2,22-3)9-12(17)8-13(21)15(17)18/h12-15,19-21H,5-11H2,1-4H3/t12?,13?,14?,15-,16-,17-,18-/m1/s1. The molecule has 134 valence electrons. The van der Waals surface area contributed by atoms with Crippen molar-refractivity contribution in [3.05, 3.63) is 0 Å². The first-order valence-corrected chi connectivity index (χ1v) is 9.14. The predicted molar refractivity (Wildman–Crippen MR) is 88.3 cm³/mol. The zero-order valence-corrected chi connectivity index (χ0v) is 15.0. The molecule has 1 spiro atoms. The van der Waals surface area contributed by atoms with Gasteiger partial charge in [0.25, 0.3) is 0 Å². The van der Waals surface area contributed by atoms with Crippen molar-refractivity contribution in [2.75, 3.05) is 20.8 Å². The van der Waals surface area contributed by atoms with E-state index < -0.39 is 5.60 Å². The van der Waals surface area contributed by atoms with Crippen molar-refractivity contribution < 1.29 is 19.7 Å². The lowest BCUT2D eigenvalue weighted by atomic mass is 9.72. The first-order chi connectivity index (χ1) is 11.0. The zero-order valence-electron chi connectivity index (χ0n) is 15.0. The summed E-state index contributed by atoms with van der Waals surface area (Å²) >= 11 is 0. The Bertz CT molecular complexity index is 441. The molecule has 0 amide bonds. The number of methoxy groups -OCH3 is 2. The molecule has 2 saturated carbocycles. The maximum atomic E-state index is 10.9. The maximum Gasteiger partial charge on any atom is 0.0923 e. The summed E-state index contributed by atoms with van der Waals surface area (Å²) in [4.78, 5) is 0. The largest absolute Gasteiger partial charge is 0.395 e. The average molecular weight is 327 g/mol. The lowest BCUT2D eigenvalue weighted by molar-refractivity contribution is -0.106. The minimum atomic E-state index is -0.491. The van der Waals surface area contributed by atoms with Crippen LogP contribution >= 0.6 is 0 Å². The molecule has 5 nitrogen and oxygen atoms in total. The van der Waals surface area contributed by atoms with E-state index in [4.69, 9.17) is 9.47 Å². The lowest BCUT2D eigenvalue weighted by Gasteiger charge is -2.41. The van der Waals surface area contributed by atoms with E-state index in [1.165, 1.54) is 0 Å². The summed E-state index contributed by atoms with van der Waals surface area (Å²) in [6.45, 7) is 4.36. The Labute approximate surface area is 139 Å². The van der Waals surface area contributed by atoms with Crippen LogP contribution in [0.1, 0.15) is 52.4 Å². The van der Waals surface area contributed by atoms with Crippen LogP contribution in [0.2, 0.25) is 0 Å². The van der Waals surface area contributed by atoms with Crippen molar-refractivity contribution >= 4 is 0 Å². The number of ether oxygens (including phenoxy) is 2. The van der Waals surface area contributed by atoms with Crippen LogP contribution in [0.25, 0.3) is 0 Å². The molecule has 0 aromatic heterocycles.